The number of hydrogen-bond donors (Lipinski definition) is 1. The molecule has 0 saturated carbocycles. The Balaban J connectivity index is 1.60. The maximum absolute atomic E-state index is 12.5. The van der Waals surface area contributed by atoms with Gasteiger partial charge in [-0.3, -0.25) is 4.79 Å². The maximum atomic E-state index is 12.5. The second-order valence-corrected chi connectivity index (χ2v) is 6.67. The van der Waals surface area contributed by atoms with Crippen molar-refractivity contribution >= 4 is 11.6 Å². The average Bonchev–Trinajstić information content (AvgIpc) is 3.14. The van der Waals surface area contributed by atoms with Crippen molar-refractivity contribution in [3.8, 4) is 5.75 Å². The van der Waals surface area contributed by atoms with Crippen LogP contribution in [0.1, 0.15) is 46.3 Å². The van der Waals surface area contributed by atoms with Gasteiger partial charge in [-0.05, 0) is 61.2 Å². The SMILES string of the molecule is CCCc1ccc(OCc2ccc(C(=O)Nc3c(C)cccc3C)o2)cc1. The monoisotopic (exact) mass is 363 g/mol. The first-order chi connectivity index (χ1) is 13.1. The van der Waals surface area contributed by atoms with Crippen LogP contribution in [0.5, 0.6) is 5.75 Å². The average molecular weight is 363 g/mol. The summed E-state index contributed by atoms with van der Waals surface area (Å²) in [5, 5.41) is 2.93. The second kappa shape index (κ2) is 8.58. The fourth-order valence-electron chi connectivity index (χ4n) is 2.96. The molecular formula is C23H25NO3. The van der Waals surface area contributed by atoms with E-state index in [1.165, 1.54) is 5.56 Å². The number of furan rings is 1. The summed E-state index contributed by atoms with van der Waals surface area (Å²) in [5.41, 5.74) is 4.16. The van der Waals surface area contributed by atoms with E-state index in [1.807, 2.05) is 44.2 Å². The van der Waals surface area contributed by atoms with E-state index in [0.717, 1.165) is 35.4 Å². The van der Waals surface area contributed by atoms with Crippen molar-refractivity contribution in [1.29, 1.82) is 0 Å². The minimum atomic E-state index is -0.262. The number of benzene rings is 2. The summed E-state index contributed by atoms with van der Waals surface area (Å²) in [7, 11) is 0. The summed E-state index contributed by atoms with van der Waals surface area (Å²) >= 11 is 0. The zero-order valence-electron chi connectivity index (χ0n) is 16.0. The summed E-state index contributed by atoms with van der Waals surface area (Å²) in [4.78, 5) is 12.5. The molecule has 0 aliphatic heterocycles. The van der Waals surface area contributed by atoms with Crippen molar-refractivity contribution in [3.05, 3.63) is 82.8 Å². The summed E-state index contributed by atoms with van der Waals surface area (Å²) in [6, 6.07) is 17.4. The van der Waals surface area contributed by atoms with Gasteiger partial charge in [-0.25, -0.2) is 0 Å². The zero-order valence-corrected chi connectivity index (χ0v) is 16.0. The number of carbonyl (C=O) groups excluding carboxylic acids is 1. The van der Waals surface area contributed by atoms with Crippen molar-refractivity contribution in [2.75, 3.05) is 5.32 Å². The Morgan fingerprint density at radius 1 is 1.00 bits per heavy atom. The smallest absolute Gasteiger partial charge is 0.291 e. The van der Waals surface area contributed by atoms with Gasteiger partial charge in [0.25, 0.3) is 5.91 Å². The minimum absolute atomic E-state index is 0.262. The molecule has 4 heteroatoms. The second-order valence-electron chi connectivity index (χ2n) is 6.67. The standard InChI is InChI=1S/C23H25NO3/c1-4-6-18-9-11-19(12-10-18)26-15-20-13-14-21(27-20)23(25)24-22-16(2)7-5-8-17(22)3/h5,7-14H,4,6,15H2,1-3H3,(H,24,25). The molecule has 0 unspecified atom stereocenters. The van der Waals surface area contributed by atoms with E-state index in [0.29, 0.717) is 5.76 Å². The number of para-hydroxylation sites is 1. The number of ether oxygens (including phenoxy) is 1. The number of hydrogen-bond acceptors (Lipinski definition) is 3. The molecule has 1 aromatic heterocycles. The zero-order chi connectivity index (χ0) is 19.2. The molecule has 0 radical (unpaired) electrons. The molecule has 0 spiro atoms. The van der Waals surface area contributed by atoms with Gasteiger partial charge in [0.2, 0.25) is 0 Å². The minimum Gasteiger partial charge on any atom is -0.486 e. The van der Waals surface area contributed by atoms with E-state index in [-0.39, 0.29) is 18.3 Å². The predicted octanol–water partition coefficient (Wildman–Crippen LogP) is 5.68. The van der Waals surface area contributed by atoms with E-state index < -0.39 is 0 Å². The van der Waals surface area contributed by atoms with Crippen molar-refractivity contribution < 1.29 is 13.9 Å². The van der Waals surface area contributed by atoms with Gasteiger partial charge < -0.3 is 14.5 Å². The van der Waals surface area contributed by atoms with E-state index in [9.17, 15) is 4.79 Å². The van der Waals surface area contributed by atoms with Crippen molar-refractivity contribution in [3.63, 3.8) is 0 Å². The number of rotatable bonds is 7. The van der Waals surface area contributed by atoms with Gasteiger partial charge in [0.05, 0.1) is 0 Å². The molecule has 0 bridgehead atoms. The van der Waals surface area contributed by atoms with Crippen LogP contribution in [0, 0.1) is 13.8 Å². The normalized spacial score (nSPS) is 10.6. The van der Waals surface area contributed by atoms with Crippen LogP contribution in [0.3, 0.4) is 0 Å². The number of anilines is 1. The number of carbonyl (C=O) groups is 1. The lowest BCUT2D eigenvalue weighted by Crippen LogP contribution is -2.13. The molecule has 1 N–H and O–H groups in total. The largest absolute Gasteiger partial charge is 0.486 e. The Kier molecular flexibility index (Phi) is 5.97. The first-order valence-corrected chi connectivity index (χ1v) is 9.25. The molecule has 0 aliphatic rings. The molecule has 3 aromatic rings. The molecular weight excluding hydrogens is 338 g/mol. The first kappa shape index (κ1) is 18.8. The number of aryl methyl sites for hydroxylation is 3. The third-order valence-electron chi connectivity index (χ3n) is 4.45. The van der Waals surface area contributed by atoms with Crippen LogP contribution < -0.4 is 10.1 Å². The highest BCUT2D eigenvalue weighted by molar-refractivity contribution is 6.03. The summed E-state index contributed by atoms with van der Waals surface area (Å²) in [6.07, 6.45) is 2.19. The van der Waals surface area contributed by atoms with Crippen molar-refractivity contribution in [2.24, 2.45) is 0 Å². The number of amides is 1. The highest BCUT2D eigenvalue weighted by Gasteiger charge is 2.14. The highest BCUT2D eigenvalue weighted by Crippen LogP contribution is 2.21. The van der Waals surface area contributed by atoms with Crippen molar-refractivity contribution in [1.82, 2.24) is 0 Å². The molecule has 0 atom stereocenters. The van der Waals surface area contributed by atoms with Crippen LogP contribution in [0.4, 0.5) is 5.69 Å². The van der Waals surface area contributed by atoms with Gasteiger partial charge >= 0.3 is 0 Å². The quantitative estimate of drug-likeness (QED) is 0.587. The Hall–Kier alpha value is -3.01. The van der Waals surface area contributed by atoms with Gasteiger partial charge in [0.1, 0.15) is 18.1 Å². The predicted molar refractivity (Wildman–Crippen MR) is 107 cm³/mol. The molecule has 4 nitrogen and oxygen atoms in total. The molecule has 140 valence electrons. The topological polar surface area (TPSA) is 51.5 Å². The molecule has 1 heterocycles. The molecule has 0 aliphatic carbocycles. The van der Waals surface area contributed by atoms with Crippen LogP contribution in [-0.2, 0) is 13.0 Å². The molecule has 0 saturated heterocycles. The maximum Gasteiger partial charge on any atom is 0.291 e. The van der Waals surface area contributed by atoms with E-state index in [1.54, 1.807) is 12.1 Å². The summed E-state index contributed by atoms with van der Waals surface area (Å²) < 4.78 is 11.4. The molecule has 2 aromatic carbocycles. The highest BCUT2D eigenvalue weighted by atomic mass is 16.5. The van der Waals surface area contributed by atoms with E-state index in [2.05, 4.69) is 24.4 Å². The number of nitrogens with one attached hydrogen (secondary N) is 1. The Bertz CT molecular complexity index is 889. The van der Waals surface area contributed by atoms with Gasteiger partial charge in [-0.2, -0.15) is 0 Å². The van der Waals surface area contributed by atoms with Gasteiger partial charge in [0.15, 0.2) is 5.76 Å². The van der Waals surface area contributed by atoms with Crippen LogP contribution >= 0.6 is 0 Å². The fourth-order valence-corrected chi connectivity index (χ4v) is 2.96. The molecule has 3 rings (SSSR count). The van der Waals surface area contributed by atoms with Gasteiger partial charge in [-0.15, -0.1) is 0 Å². The molecule has 1 amide bonds. The Morgan fingerprint density at radius 2 is 1.70 bits per heavy atom. The lowest BCUT2D eigenvalue weighted by molar-refractivity contribution is 0.0992. The third-order valence-corrected chi connectivity index (χ3v) is 4.45. The molecule has 0 fully saturated rings. The fraction of sp³-hybridized carbons (Fsp3) is 0.261. The van der Waals surface area contributed by atoms with E-state index in [4.69, 9.17) is 9.15 Å². The van der Waals surface area contributed by atoms with Crippen LogP contribution in [-0.4, -0.2) is 5.91 Å². The Labute approximate surface area is 160 Å². The first-order valence-electron chi connectivity index (χ1n) is 9.25. The lowest BCUT2D eigenvalue weighted by atomic mass is 10.1. The van der Waals surface area contributed by atoms with Crippen LogP contribution in [0.15, 0.2) is 59.0 Å². The van der Waals surface area contributed by atoms with Crippen LogP contribution in [0.25, 0.3) is 0 Å². The third kappa shape index (κ3) is 4.79. The molecule has 27 heavy (non-hydrogen) atoms. The Morgan fingerprint density at radius 3 is 2.37 bits per heavy atom. The van der Waals surface area contributed by atoms with Crippen molar-refractivity contribution in [2.45, 2.75) is 40.2 Å². The van der Waals surface area contributed by atoms with Gasteiger partial charge in [-0.1, -0.05) is 43.7 Å². The summed E-state index contributed by atoms with van der Waals surface area (Å²) in [5.74, 6) is 1.41. The summed E-state index contributed by atoms with van der Waals surface area (Å²) in [6.45, 7) is 6.38. The lowest BCUT2D eigenvalue weighted by Gasteiger charge is -2.10. The van der Waals surface area contributed by atoms with Crippen LogP contribution in [0.2, 0.25) is 0 Å². The van der Waals surface area contributed by atoms with Gasteiger partial charge in [0, 0.05) is 5.69 Å². The van der Waals surface area contributed by atoms with E-state index >= 15 is 0 Å².